The fourth-order valence-electron chi connectivity index (χ4n) is 3.51. The van der Waals surface area contributed by atoms with Crippen LogP contribution in [0.15, 0.2) is 0 Å². The summed E-state index contributed by atoms with van der Waals surface area (Å²) < 4.78 is 0. The van der Waals surface area contributed by atoms with E-state index in [0.717, 1.165) is 12.5 Å². The second-order valence-electron chi connectivity index (χ2n) is 6.20. The maximum absolute atomic E-state index is 6.12. The molecule has 0 aliphatic carbocycles. The minimum atomic E-state index is 0.258. The lowest BCUT2D eigenvalue weighted by atomic mass is 9.88. The number of rotatable bonds is 4. The van der Waals surface area contributed by atoms with Crippen LogP contribution in [0.1, 0.15) is 26.2 Å². The van der Waals surface area contributed by atoms with Crippen molar-refractivity contribution in [2.24, 2.45) is 11.7 Å². The second kappa shape index (κ2) is 6.12. The highest BCUT2D eigenvalue weighted by Gasteiger charge is 2.43. The molecule has 0 bridgehead atoms. The topological polar surface area (TPSA) is 32.5 Å². The van der Waals surface area contributed by atoms with Crippen molar-refractivity contribution in [3.63, 3.8) is 0 Å². The molecule has 0 spiro atoms. The van der Waals surface area contributed by atoms with Crippen LogP contribution in [0.3, 0.4) is 0 Å². The summed E-state index contributed by atoms with van der Waals surface area (Å²) in [5.41, 5.74) is 6.38. The van der Waals surface area contributed by atoms with Crippen LogP contribution < -0.4 is 5.73 Å². The Morgan fingerprint density at radius 2 is 2.06 bits per heavy atom. The third kappa shape index (κ3) is 2.87. The number of nitrogens with two attached hydrogens (primary N) is 1. The molecule has 2 rings (SSSR count). The molecule has 3 nitrogen and oxygen atoms in total. The van der Waals surface area contributed by atoms with Crippen LogP contribution in [0, 0.1) is 5.92 Å². The summed E-state index contributed by atoms with van der Waals surface area (Å²) in [6.07, 6.45) is 3.96. The zero-order valence-corrected chi connectivity index (χ0v) is 13.0. The summed E-state index contributed by atoms with van der Waals surface area (Å²) in [5, 5.41) is 0.679. The first-order chi connectivity index (χ1) is 8.58. The van der Waals surface area contributed by atoms with E-state index in [1.54, 1.807) is 0 Å². The summed E-state index contributed by atoms with van der Waals surface area (Å²) >= 11 is 2.09. The summed E-state index contributed by atoms with van der Waals surface area (Å²) in [6.45, 7) is 6.92. The Morgan fingerprint density at radius 3 is 2.56 bits per heavy atom. The standard InChI is InChI=1S/C14H29N3S/c1-12-14(11-15,6-9-18-12)17(3)10-13-4-7-16(2)8-5-13/h12-13H,4-11,15H2,1-3H3. The highest BCUT2D eigenvalue weighted by Crippen LogP contribution is 2.39. The monoisotopic (exact) mass is 271 g/mol. The van der Waals surface area contributed by atoms with Gasteiger partial charge in [0.2, 0.25) is 0 Å². The molecule has 0 aromatic rings. The number of nitrogens with zero attached hydrogens (tertiary/aromatic N) is 2. The maximum atomic E-state index is 6.12. The molecule has 0 amide bonds. The minimum Gasteiger partial charge on any atom is -0.329 e. The van der Waals surface area contributed by atoms with Gasteiger partial charge in [-0.2, -0.15) is 11.8 Å². The Kier molecular flexibility index (Phi) is 4.98. The van der Waals surface area contributed by atoms with E-state index in [0.29, 0.717) is 5.25 Å². The Hall–Kier alpha value is 0.230. The molecule has 106 valence electrons. The molecule has 2 saturated heterocycles. The fraction of sp³-hybridized carbons (Fsp3) is 1.00. The number of likely N-dealkylation sites (N-methyl/N-ethyl adjacent to an activating group) is 1. The van der Waals surface area contributed by atoms with E-state index in [1.807, 2.05) is 0 Å². The third-order valence-electron chi connectivity index (χ3n) is 5.14. The van der Waals surface area contributed by atoms with Gasteiger partial charge in [0, 0.05) is 23.9 Å². The highest BCUT2D eigenvalue weighted by molar-refractivity contribution is 8.00. The fourth-order valence-corrected chi connectivity index (χ4v) is 5.04. The third-order valence-corrected chi connectivity index (χ3v) is 6.52. The van der Waals surface area contributed by atoms with E-state index in [-0.39, 0.29) is 5.54 Å². The first-order valence-electron chi connectivity index (χ1n) is 7.30. The Bertz CT molecular complexity index is 266. The van der Waals surface area contributed by atoms with E-state index in [2.05, 4.69) is 42.6 Å². The van der Waals surface area contributed by atoms with Crippen LogP contribution in [0.25, 0.3) is 0 Å². The predicted molar refractivity (Wildman–Crippen MR) is 81.2 cm³/mol. The van der Waals surface area contributed by atoms with Crippen LogP contribution in [0.2, 0.25) is 0 Å². The summed E-state index contributed by atoms with van der Waals surface area (Å²) in [7, 11) is 4.53. The molecule has 0 aromatic carbocycles. The molecule has 2 atom stereocenters. The molecule has 2 aliphatic rings. The van der Waals surface area contributed by atoms with Crippen LogP contribution in [0.5, 0.6) is 0 Å². The van der Waals surface area contributed by atoms with Gasteiger partial charge in [0.15, 0.2) is 0 Å². The normalized spacial score (nSPS) is 35.5. The van der Waals surface area contributed by atoms with Crippen molar-refractivity contribution in [3.8, 4) is 0 Å². The first-order valence-corrected chi connectivity index (χ1v) is 8.35. The predicted octanol–water partition coefficient (Wildman–Crippen LogP) is 1.48. The Labute approximate surface area is 116 Å². The van der Waals surface area contributed by atoms with Gasteiger partial charge in [-0.05, 0) is 58.1 Å². The SMILES string of the molecule is CC1SCCC1(CN)N(C)CC1CCN(C)CC1. The largest absolute Gasteiger partial charge is 0.329 e. The van der Waals surface area contributed by atoms with Gasteiger partial charge >= 0.3 is 0 Å². The maximum Gasteiger partial charge on any atom is 0.0452 e. The van der Waals surface area contributed by atoms with Crippen molar-refractivity contribution in [2.45, 2.75) is 37.0 Å². The molecule has 2 aliphatic heterocycles. The van der Waals surface area contributed by atoms with Gasteiger partial charge in [-0.3, -0.25) is 4.90 Å². The molecular formula is C14H29N3S. The van der Waals surface area contributed by atoms with Gasteiger partial charge in [0.1, 0.15) is 0 Å². The van der Waals surface area contributed by atoms with E-state index >= 15 is 0 Å². The number of piperidine rings is 1. The van der Waals surface area contributed by atoms with Crippen molar-refractivity contribution in [2.75, 3.05) is 46.0 Å². The average Bonchev–Trinajstić information content (AvgIpc) is 2.74. The van der Waals surface area contributed by atoms with Gasteiger partial charge in [-0.25, -0.2) is 0 Å². The summed E-state index contributed by atoms with van der Waals surface area (Å²) in [5.74, 6) is 2.14. The molecular weight excluding hydrogens is 242 g/mol. The lowest BCUT2D eigenvalue weighted by Crippen LogP contribution is -2.57. The molecule has 0 aromatic heterocycles. The van der Waals surface area contributed by atoms with Gasteiger partial charge in [0.25, 0.3) is 0 Å². The van der Waals surface area contributed by atoms with Gasteiger partial charge in [-0.1, -0.05) is 6.92 Å². The lowest BCUT2D eigenvalue weighted by molar-refractivity contribution is 0.0882. The van der Waals surface area contributed by atoms with Crippen LogP contribution in [-0.4, -0.2) is 66.6 Å². The smallest absolute Gasteiger partial charge is 0.0452 e. The van der Waals surface area contributed by atoms with Crippen molar-refractivity contribution < 1.29 is 0 Å². The van der Waals surface area contributed by atoms with Gasteiger partial charge in [-0.15, -0.1) is 0 Å². The number of hydrogen-bond acceptors (Lipinski definition) is 4. The van der Waals surface area contributed by atoms with Crippen molar-refractivity contribution in [3.05, 3.63) is 0 Å². The zero-order valence-electron chi connectivity index (χ0n) is 12.2. The Balaban J connectivity index is 1.92. The average molecular weight is 271 g/mol. The molecule has 2 heterocycles. The second-order valence-corrected chi connectivity index (χ2v) is 7.65. The van der Waals surface area contributed by atoms with E-state index in [9.17, 15) is 0 Å². The van der Waals surface area contributed by atoms with Crippen molar-refractivity contribution in [1.82, 2.24) is 9.80 Å². The molecule has 4 heteroatoms. The van der Waals surface area contributed by atoms with Crippen LogP contribution in [-0.2, 0) is 0 Å². The molecule has 0 saturated carbocycles. The van der Waals surface area contributed by atoms with E-state index in [1.165, 1.54) is 44.6 Å². The Morgan fingerprint density at radius 1 is 1.39 bits per heavy atom. The lowest BCUT2D eigenvalue weighted by Gasteiger charge is -2.43. The van der Waals surface area contributed by atoms with Crippen LogP contribution in [0.4, 0.5) is 0 Å². The van der Waals surface area contributed by atoms with Gasteiger partial charge in [0.05, 0.1) is 0 Å². The molecule has 2 fully saturated rings. The number of thioether (sulfide) groups is 1. The molecule has 18 heavy (non-hydrogen) atoms. The number of hydrogen-bond donors (Lipinski definition) is 1. The molecule has 2 unspecified atom stereocenters. The number of likely N-dealkylation sites (tertiary alicyclic amines) is 1. The molecule has 2 N–H and O–H groups in total. The van der Waals surface area contributed by atoms with E-state index in [4.69, 9.17) is 5.73 Å². The quantitative estimate of drug-likeness (QED) is 0.839. The first kappa shape index (κ1) is 14.6. The molecule has 0 radical (unpaired) electrons. The zero-order chi connectivity index (χ0) is 13.2. The summed E-state index contributed by atoms with van der Waals surface area (Å²) in [4.78, 5) is 5.04. The van der Waals surface area contributed by atoms with E-state index < -0.39 is 0 Å². The van der Waals surface area contributed by atoms with Crippen LogP contribution >= 0.6 is 11.8 Å². The van der Waals surface area contributed by atoms with Crippen molar-refractivity contribution in [1.29, 1.82) is 0 Å². The van der Waals surface area contributed by atoms with Crippen molar-refractivity contribution >= 4 is 11.8 Å². The minimum absolute atomic E-state index is 0.258. The summed E-state index contributed by atoms with van der Waals surface area (Å²) in [6, 6.07) is 0. The van der Waals surface area contributed by atoms with Gasteiger partial charge < -0.3 is 10.6 Å². The highest BCUT2D eigenvalue weighted by atomic mass is 32.2.